The molecule has 7 heteroatoms. The van der Waals surface area contributed by atoms with Crippen molar-refractivity contribution in [2.75, 3.05) is 44.8 Å². The molecule has 3 rings (SSSR count). The van der Waals surface area contributed by atoms with Crippen LogP contribution in [0.5, 0.6) is 11.5 Å². The summed E-state index contributed by atoms with van der Waals surface area (Å²) in [5, 5.41) is 9.35. The fraction of sp³-hybridized carbons (Fsp3) is 0.391. The minimum absolute atomic E-state index is 0.0704. The van der Waals surface area contributed by atoms with Gasteiger partial charge in [-0.05, 0) is 49.2 Å². The van der Waals surface area contributed by atoms with E-state index >= 15 is 0 Å². The summed E-state index contributed by atoms with van der Waals surface area (Å²) in [6.45, 7) is 5.38. The Morgan fingerprint density at radius 2 is 1.93 bits per heavy atom. The van der Waals surface area contributed by atoms with E-state index in [0.717, 1.165) is 31.6 Å². The Morgan fingerprint density at radius 1 is 1.17 bits per heavy atom. The maximum Gasteiger partial charge on any atom is 0.254 e. The Kier molecular flexibility index (Phi) is 7.42. The minimum atomic E-state index is -0.0704. The van der Waals surface area contributed by atoms with Crippen molar-refractivity contribution in [3.05, 3.63) is 52.5 Å². The Labute approximate surface area is 182 Å². The van der Waals surface area contributed by atoms with Gasteiger partial charge in [-0.15, -0.1) is 0 Å². The van der Waals surface area contributed by atoms with Crippen LogP contribution in [0.3, 0.4) is 0 Å². The minimum Gasteiger partial charge on any atom is -0.493 e. The molecule has 1 aliphatic heterocycles. The molecule has 0 bridgehead atoms. The number of carbonyl (C=O) groups is 1. The van der Waals surface area contributed by atoms with Crippen molar-refractivity contribution in [3.8, 4) is 17.6 Å². The maximum absolute atomic E-state index is 13.1. The van der Waals surface area contributed by atoms with Crippen LogP contribution in [0.15, 0.2) is 36.4 Å². The number of benzene rings is 2. The lowest BCUT2D eigenvalue weighted by Gasteiger charge is -2.24. The van der Waals surface area contributed by atoms with E-state index in [-0.39, 0.29) is 5.91 Å². The largest absolute Gasteiger partial charge is 0.493 e. The maximum atomic E-state index is 13.1. The number of hydrogen-bond acceptors (Lipinski definition) is 5. The summed E-state index contributed by atoms with van der Waals surface area (Å²) in [5.41, 5.74) is 2.19. The van der Waals surface area contributed by atoms with Gasteiger partial charge < -0.3 is 19.3 Å². The quantitative estimate of drug-likeness (QED) is 0.685. The molecule has 0 aliphatic carbocycles. The average Bonchev–Trinajstić information content (AvgIpc) is 3.03. The number of carbonyl (C=O) groups excluding carboxylic acids is 1. The molecule has 0 radical (unpaired) electrons. The molecule has 0 unspecified atom stereocenters. The van der Waals surface area contributed by atoms with E-state index in [0.29, 0.717) is 47.3 Å². The number of anilines is 1. The number of nitrogens with zero attached hydrogens (tertiary/aromatic N) is 3. The lowest BCUT2D eigenvalue weighted by molar-refractivity contribution is 0.0766. The zero-order valence-electron chi connectivity index (χ0n) is 17.4. The molecule has 0 spiro atoms. The first kappa shape index (κ1) is 21.8. The molecule has 1 fully saturated rings. The normalized spacial score (nSPS) is 14.1. The first-order chi connectivity index (χ1) is 14.6. The molecule has 6 nitrogen and oxygen atoms in total. The fourth-order valence-corrected chi connectivity index (χ4v) is 3.76. The first-order valence-electron chi connectivity index (χ1n) is 10.1. The van der Waals surface area contributed by atoms with Gasteiger partial charge in [-0.1, -0.05) is 18.5 Å². The van der Waals surface area contributed by atoms with Crippen LogP contribution in [0, 0.1) is 11.3 Å². The second-order valence-corrected chi connectivity index (χ2v) is 7.54. The molecule has 30 heavy (non-hydrogen) atoms. The van der Waals surface area contributed by atoms with Gasteiger partial charge in [0.15, 0.2) is 11.5 Å². The second kappa shape index (κ2) is 10.2. The standard InChI is InChI=1S/C23H26ClN3O3/c1-3-13-30-22-20(24)14-18(15-21(22)29-2)23(28)27-10-4-9-26(11-12-27)19-7-5-17(16-25)6-8-19/h5-8,14-15H,3-4,9-13H2,1-2H3. The smallest absolute Gasteiger partial charge is 0.254 e. The van der Waals surface area contributed by atoms with Gasteiger partial charge in [0.05, 0.1) is 30.4 Å². The Balaban J connectivity index is 1.72. The molecule has 1 amide bonds. The summed E-state index contributed by atoms with van der Waals surface area (Å²) in [5.74, 6) is 0.868. The van der Waals surface area contributed by atoms with Crippen LogP contribution in [0.1, 0.15) is 35.7 Å². The summed E-state index contributed by atoms with van der Waals surface area (Å²) in [6.07, 6.45) is 1.71. The van der Waals surface area contributed by atoms with Crippen molar-refractivity contribution in [2.24, 2.45) is 0 Å². The van der Waals surface area contributed by atoms with Gasteiger partial charge in [-0.2, -0.15) is 5.26 Å². The van der Waals surface area contributed by atoms with Crippen molar-refractivity contribution < 1.29 is 14.3 Å². The summed E-state index contributed by atoms with van der Waals surface area (Å²) < 4.78 is 11.1. The van der Waals surface area contributed by atoms with Crippen molar-refractivity contribution in [3.63, 3.8) is 0 Å². The molecule has 1 aliphatic rings. The summed E-state index contributed by atoms with van der Waals surface area (Å²) >= 11 is 6.39. The van der Waals surface area contributed by atoms with E-state index in [2.05, 4.69) is 11.0 Å². The van der Waals surface area contributed by atoms with Crippen LogP contribution in [0.25, 0.3) is 0 Å². The van der Waals surface area contributed by atoms with E-state index in [4.69, 9.17) is 26.3 Å². The number of hydrogen-bond donors (Lipinski definition) is 0. The molecule has 2 aromatic carbocycles. The third-order valence-electron chi connectivity index (χ3n) is 5.07. The molecular formula is C23H26ClN3O3. The van der Waals surface area contributed by atoms with Gasteiger partial charge in [0, 0.05) is 37.4 Å². The van der Waals surface area contributed by atoms with Gasteiger partial charge in [-0.3, -0.25) is 4.79 Å². The van der Waals surface area contributed by atoms with Gasteiger partial charge in [0.25, 0.3) is 5.91 Å². The topological polar surface area (TPSA) is 65.8 Å². The van der Waals surface area contributed by atoms with E-state index in [1.807, 2.05) is 36.1 Å². The molecule has 0 aromatic heterocycles. The number of halogens is 1. The van der Waals surface area contributed by atoms with Crippen LogP contribution in [0.2, 0.25) is 5.02 Å². The molecule has 2 aromatic rings. The molecule has 1 saturated heterocycles. The lowest BCUT2D eigenvalue weighted by Crippen LogP contribution is -2.35. The summed E-state index contributed by atoms with van der Waals surface area (Å²) in [7, 11) is 1.54. The van der Waals surface area contributed by atoms with Gasteiger partial charge >= 0.3 is 0 Å². The van der Waals surface area contributed by atoms with Crippen LogP contribution >= 0.6 is 11.6 Å². The zero-order valence-corrected chi connectivity index (χ0v) is 18.1. The SMILES string of the molecule is CCCOc1c(Cl)cc(C(=O)N2CCCN(c3ccc(C#N)cc3)CC2)cc1OC. The third kappa shape index (κ3) is 4.98. The second-order valence-electron chi connectivity index (χ2n) is 7.13. The van der Waals surface area contributed by atoms with Gasteiger partial charge in [0.1, 0.15) is 0 Å². The van der Waals surface area contributed by atoms with E-state index < -0.39 is 0 Å². The number of ether oxygens (including phenoxy) is 2. The molecule has 0 saturated carbocycles. The number of methoxy groups -OCH3 is 1. The molecule has 158 valence electrons. The predicted octanol–water partition coefficient (Wildman–Crippen LogP) is 4.36. The van der Waals surface area contributed by atoms with E-state index in [1.54, 1.807) is 19.2 Å². The number of nitriles is 1. The Morgan fingerprint density at radius 3 is 2.60 bits per heavy atom. The van der Waals surface area contributed by atoms with Crippen LogP contribution < -0.4 is 14.4 Å². The molecular weight excluding hydrogens is 402 g/mol. The monoisotopic (exact) mass is 427 g/mol. The van der Waals surface area contributed by atoms with Crippen LogP contribution in [-0.2, 0) is 0 Å². The molecule has 0 atom stereocenters. The van der Waals surface area contributed by atoms with E-state index in [1.165, 1.54) is 0 Å². The number of rotatable bonds is 6. The van der Waals surface area contributed by atoms with Crippen molar-refractivity contribution in [2.45, 2.75) is 19.8 Å². The predicted molar refractivity (Wildman–Crippen MR) is 118 cm³/mol. The summed E-state index contributed by atoms with van der Waals surface area (Å²) in [6, 6.07) is 13.0. The Bertz CT molecular complexity index is 925. The highest BCUT2D eigenvalue weighted by Crippen LogP contribution is 2.37. The highest BCUT2D eigenvalue weighted by molar-refractivity contribution is 6.32. The highest BCUT2D eigenvalue weighted by atomic mass is 35.5. The Hall–Kier alpha value is -2.91. The van der Waals surface area contributed by atoms with Crippen LogP contribution in [0.4, 0.5) is 5.69 Å². The average molecular weight is 428 g/mol. The summed E-state index contributed by atoms with van der Waals surface area (Å²) in [4.78, 5) is 17.2. The van der Waals surface area contributed by atoms with Crippen molar-refractivity contribution in [1.82, 2.24) is 4.90 Å². The third-order valence-corrected chi connectivity index (χ3v) is 5.35. The van der Waals surface area contributed by atoms with Crippen LogP contribution in [-0.4, -0.2) is 50.7 Å². The van der Waals surface area contributed by atoms with Crippen molar-refractivity contribution in [1.29, 1.82) is 5.26 Å². The fourth-order valence-electron chi connectivity index (χ4n) is 3.50. The first-order valence-corrected chi connectivity index (χ1v) is 10.5. The van der Waals surface area contributed by atoms with E-state index in [9.17, 15) is 4.79 Å². The highest BCUT2D eigenvalue weighted by Gasteiger charge is 2.23. The van der Waals surface area contributed by atoms with Gasteiger partial charge in [0.2, 0.25) is 0 Å². The van der Waals surface area contributed by atoms with Crippen molar-refractivity contribution >= 4 is 23.2 Å². The molecule has 0 N–H and O–H groups in total. The zero-order chi connectivity index (χ0) is 21.5. The number of amides is 1. The molecule has 1 heterocycles. The lowest BCUT2D eigenvalue weighted by atomic mass is 10.1. The van der Waals surface area contributed by atoms with Gasteiger partial charge in [-0.25, -0.2) is 0 Å².